The second-order valence-corrected chi connectivity index (χ2v) is 5.99. The molecule has 1 saturated carbocycles. The summed E-state index contributed by atoms with van der Waals surface area (Å²) in [4.78, 5) is 33.8. The molecule has 1 saturated heterocycles. The molecule has 0 bridgehead atoms. The van der Waals surface area contributed by atoms with Crippen LogP contribution in [0.1, 0.15) is 29.8 Å². The molecule has 24 heavy (non-hydrogen) atoms. The first kappa shape index (κ1) is 16.6. The number of rotatable bonds is 7. The topological polar surface area (TPSA) is 93.7 Å². The summed E-state index contributed by atoms with van der Waals surface area (Å²) in [7, 11) is 0. The maximum Gasteiger partial charge on any atom is 0.271 e. The van der Waals surface area contributed by atoms with Gasteiger partial charge < -0.3 is 19.7 Å². The van der Waals surface area contributed by atoms with Crippen LogP contribution >= 0.6 is 0 Å². The van der Waals surface area contributed by atoms with Crippen molar-refractivity contribution in [3.05, 3.63) is 18.1 Å². The van der Waals surface area contributed by atoms with Crippen molar-refractivity contribution in [1.29, 1.82) is 0 Å². The Hall–Kier alpha value is -2.22. The van der Waals surface area contributed by atoms with Crippen LogP contribution in [0.3, 0.4) is 0 Å². The van der Waals surface area contributed by atoms with E-state index < -0.39 is 0 Å². The largest absolute Gasteiger partial charge is 0.476 e. The number of aromatic nitrogens is 2. The quantitative estimate of drug-likeness (QED) is 0.768. The second-order valence-electron chi connectivity index (χ2n) is 5.99. The maximum atomic E-state index is 12.0. The Morgan fingerprint density at radius 2 is 2.04 bits per heavy atom. The van der Waals surface area contributed by atoms with Gasteiger partial charge in [0.2, 0.25) is 11.8 Å². The minimum Gasteiger partial charge on any atom is -0.476 e. The average molecular weight is 334 g/mol. The molecule has 2 amide bonds. The summed E-state index contributed by atoms with van der Waals surface area (Å²) in [5, 5.41) is 2.69. The first-order valence-corrected chi connectivity index (χ1v) is 8.31. The monoisotopic (exact) mass is 334 g/mol. The van der Waals surface area contributed by atoms with E-state index in [1.807, 2.05) is 0 Å². The number of hydrogen-bond acceptors (Lipinski definition) is 6. The molecule has 8 heteroatoms. The summed E-state index contributed by atoms with van der Waals surface area (Å²) in [5.74, 6) is 0.749. The molecule has 130 valence electrons. The Labute approximate surface area is 140 Å². The Kier molecular flexibility index (Phi) is 5.58. The number of hydrogen-bond donors (Lipinski definition) is 1. The van der Waals surface area contributed by atoms with E-state index in [9.17, 15) is 9.59 Å². The van der Waals surface area contributed by atoms with Crippen molar-refractivity contribution < 1.29 is 19.1 Å². The third-order valence-corrected chi connectivity index (χ3v) is 4.01. The summed E-state index contributed by atoms with van der Waals surface area (Å²) >= 11 is 0. The molecule has 1 aromatic rings. The van der Waals surface area contributed by atoms with Crippen LogP contribution < -0.4 is 10.1 Å². The molecule has 0 unspecified atom stereocenters. The highest BCUT2D eigenvalue weighted by molar-refractivity contribution is 5.92. The fraction of sp³-hybridized carbons (Fsp3) is 0.625. The van der Waals surface area contributed by atoms with Crippen molar-refractivity contribution in [2.45, 2.75) is 19.3 Å². The van der Waals surface area contributed by atoms with Gasteiger partial charge in [0.15, 0.2) is 0 Å². The summed E-state index contributed by atoms with van der Waals surface area (Å²) < 4.78 is 10.7. The van der Waals surface area contributed by atoms with E-state index in [1.165, 1.54) is 25.2 Å². The van der Waals surface area contributed by atoms with Gasteiger partial charge in [-0.3, -0.25) is 9.59 Å². The van der Waals surface area contributed by atoms with Crippen LogP contribution in [-0.4, -0.2) is 66.1 Å². The molecule has 2 heterocycles. The average Bonchev–Trinajstić information content (AvgIpc) is 3.45. The summed E-state index contributed by atoms with van der Waals surface area (Å²) in [6.07, 6.45) is 5.52. The van der Waals surface area contributed by atoms with Crippen LogP contribution in [-0.2, 0) is 9.53 Å². The smallest absolute Gasteiger partial charge is 0.271 e. The molecule has 1 aromatic heterocycles. The Morgan fingerprint density at radius 1 is 1.25 bits per heavy atom. The third-order valence-electron chi connectivity index (χ3n) is 4.01. The van der Waals surface area contributed by atoms with Gasteiger partial charge in [-0.05, 0) is 18.8 Å². The molecule has 1 aliphatic heterocycles. The lowest BCUT2D eigenvalue weighted by Crippen LogP contribution is -2.42. The first-order chi connectivity index (χ1) is 11.7. The number of ether oxygens (including phenoxy) is 2. The van der Waals surface area contributed by atoms with Crippen molar-refractivity contribution in [2.24, 2.45) is 5.92 Å². The van der Waals surface area contributed by atoms with E-state index in [4.69, 9.17) is 9.47 Å². The molecule has 1 aliphatic carbocycles. The van der Waals surface area contributed by atoms with Crippen LogP contribution in [0, 0.1) is 5.92 Å². The van der Waals surface area contributed by atoms with E-state index in [0.29, 0.717) is 44.7 Å². The zero-order valence-electron chi connectivity index (χ0n) is 13.6. The predicted molar refractivity (Wildman–Crippen MR) is 84.6 cm³/mol. The maximum absolute atomic E-state index is 12.0. The van der Waals surface area contributed by atoms with Crippen LogP contribution in [0.15, 0.2) is 12.4 Å². The van der Waals surface area contributed by atoms with E-state index in [1.54, 1.807) is 4.90 Å². The third kappa shape index (κ3) is 4.89. The summed E-state index contributed by atoms with van der Waals surface area (Å²) in [6.45, 7) is 3.30. The van der Waals surface area contributed by atoms with Crippen molar-refractivity contribution >= 4 is 11.8 Å². The number of carbonyl (C=O) groups is 2. The fourth-order valence-electron chi connectivity index (χ4n) is 2.34. The van der Waals surface area contributed by atoms with E-state index in [0.717, 1.165) is 0 Å². The number of carbonyl (C=O) groups excluding carboxylic acids is 2. The van der Waals surface area contributed by atoms with Crippen LogP contribution in [0.4, 0.5) is 0 Å². The van der Waals surface area contributed by atoms with Gasteiger partial charge in [0.1, 0.15) is 5.69 Å². The molecule has 3 rings (SSSR count). The van der Waals surface area contributed by atoms with Crippen LogP contribution in [0.5, 0.6) is 5.88 Å². The van der Waals surface area contributed by atoms with E-state index in [2.05, 4.69) is 15.3 Å². The van der Waals surface area contributed by atoms with Gasteiger partial charge in [-0.1, -0.05) is 0 Å². The highest BCUT2D eigenvalue weighted by Crippen LogP contribution is 2.29. The fourth-order valence-corrected chi connectivity index (χ4v) is 2.34. The molecule has 0 radical (unpaired) electrons. The number of morpholine rings is 1. The van der Waals surface area contributed by atoms with Crippen molar-refractivity contribution in [3.63, 3.8) is 0 Å². The molecular weight excluding hydrogens is 312 g/mol. The normalized spacial score (nSPS) is 17.4. The summed E-state index contributed by atoms with van der Waals surface area (Å²) in [6, 6.07) is 0. The van der Waals surface area contributed by atoms with Gasteiger partial charge in [-0.2, -0.15) is 0 Å². The standard InChI is InChI=1S/C16H22N4O4/c21-15(20-5-7-23-8-6-20)3-4-17-16(22)13-9-19-14(10-18-13)24-11-12-1-2-12/h9-10,12H,1-8,11H2,(H,17,22). The minimum absolute atomic E-state index is 0.0218. The zero-order chi connectivity index (χ0) is 16.8. The van der Waals surface area contributed by atoms with Crippen LogP contribution in [0.2, 0.25) is 0 Å². The van der Waals surface area contributed by atoms with Crippen molar-refractivity contribution in [3.8, 4) is 5.88 Å². The van der Waals surface area contributed by atoms with Gasteiger partial charge in [0, 0.05) is 26.1 Å². The van der Waals surface area contributed by atoms with Crippen molar-refractivity contribution in [2.75, 3.05) is 39.5 Å². The first-order valence-electron chi connectivity index (χ1n) is 8.31. The zero-order valence-corrected chi connectivity index (χ0v) is 13.6. The Bertz CT molecular complexity index is 568. The van der Waals surface area contributed by atoms with Gasteiger partial charge in [0.05, 0.1) is 32.2 Å². The lowest BCUT2D eigenvalue weighted by Gasteiger charge is -2.26. The van der Waals surface area contributed by atoms with E-state index >= 15 is 0 Å². The molecule has 0 atom stereocenters. The van der Waals surface area contributed by atoms with Gasteiger partial charge in [-0.15, -0.1) is 0 Å². The van der Waals surface area contributed by atoms with Crippen molar-refractivity contribution in [1.82, 2.24) is 20.2 Å². The SMILES string of the molecule is O=C(NCCC(=O)N1CCOCC1)c1cnc(OCC2CC2)cn1. The molecule has 0 spiro atoms. The molecule has 2 fully saturated rings. The molecule has 1 N–H and O–H groups in total. The Balaban J connectivity index is 1.38. The van der Waals surface area contributed by atoms with Crippen LogP contribution in [0.25, 0.3) is 0 Å². The lowest BCUT2D eigenvalue weighted by molar-refractivity contribution is -0.135. The second kappa shape index (κ2) is 8.05. The molecular formula is C16H22N4O4. The molecule has 2 aliphatic rings. The number of amides is 2. The number of nitrogens with zero attached hydrogens (tertiary/aromatic N) is 3. The highest BCUT2D eigenvalue weighted by atomic mass is 16.5. The Morgan fingerprint density at radius 3 is 2.71 bits per heavy atom. The van der Waals surface area contributed by atoms with Gasteiger partial charge in [-0.25, -0.2) is 9.97 Å². The lowest BCUT2D eigenvalue weighted by atomic mass is 10.3. The van der Waals surface area contributed by atoms with Gasteiger partial charge in [0.25, 0.3) is 5.91 Å². The molecule has 0 aromatic carbocycles. The summed E-state index contributed by atoms with van der Waals surface area (Å²) in [5.41, 5.74) is 0.215. The number of nitrogens with one attached hydrogen (secondary N) is 1. The highest BCUT2D eigenvalue weighted by Gasteiger charge is 2.22. The predicted octanol–water partition coefficient (Wildman–Crippen LogP) is 0.244. The molecule has 8 nitrogen and oxygen atoms in total. The van der Waals surface area contributed by atoms with Gasteiger partial charge >= 0.3 is 0 Å². The minimum atomic E-state index is -0.342. The van der Waals surface area contributed by atoms with E-state index in [-0.39, 0.29) is 30.5 Å².